The maximum absolute atomic E-state index is 12.3. The Morgan fingerprint density at radius 1 is 1.29 bits per heavy atom. The van der Waals surface area contributed by atoms with Crippen molar-refractivity contribution >= 4 is 16.9 Å². The quantitative estimate of drug-likeness (QED) is 0.906. The summed E-state index contributed by atoms with van der Waals surface area (Å²) in [5.41, 5.74) is 2.05. The van der Waals surface area contributed by atoms with E-state index >= 15 is 0 Å². The predicted octanol–water partition coefficient (Wildman–Crippen LogP) is 2.66. The first kappa shape index (κ1) is 12.9. The van der Waals surface area contributed by atoms with Crippen molar-refractivity contribution in [1.29, 1.82) is 0 Å². The number of H-pyrrole nitrogens is 1. The number of carbonyl (C=O) groups is 1. The van der Waals surface area contributed by atoms with Crippen LogP contribution in [-0.2, 0) is 11.2 Å². The molecular weight excluding hydrogens is 262 g/mol. The molecule has 0 radical (unpaired) electrons. The second kappa shape index (κ2) is 5.17. The van der Waals surface area contributed by atoms with Gasteiger partial charge in [-0.1, -0.05) is 18.6 Å². The highest BCUT2D eigenvalue weighted by Crippen LogP contribution is 2.48. The van der Waals surface area contributed by atoms with E-state index in [-0.39, 0.29) is 11.8 Å². The average Bonchev–Trinajstić information content (AvgIpc) is 3.21. The summed E-state index contributed by atoms with van der Waals surface area (Å²) >= 11 is 0. The smallest absolute Gasteiger partial charge is 0.223 e. The molecule has 2 fully saturated rings. The lowest BCUT2D eigenvalue weighted by Crippen LogP contribution is -2.34. The molecule has 21 heavy (non-hydrogen) atoms. The van der Waals surface area contributed by atoms with Gasteiger partial charge in [-0.3, -0.25) is 4.79 Å². The van der Waals surface area contributed by atoms with E-state index in [2.05, 4.69) is 15.3 Å². The molecule has 2 aliphatic rings. The molecular formula is C17H21N3O. The van der Waals surface area contributed by atoms with Gasteiger partial charge in [-0.2, -0.15) is 0 Å². The molecule has 1 amide bonds. The van der Waals surface area contributed by atoms with Crippen LogP contribution < -0.4 is 5.32 Å². The lowest BCUT2D eigenvalue weighted by molar-refractivity contribution is -0.126. The zero-order valence-electron chi connectivity index (χ0n) is 12.1. The number of para-hydroxylation sites is 2. The summed E-state index contributed by atoms with van der Waals surface area (Å²) in [6, 6.07) is 8.02. The van der Waals surface area contributed by atoms with Gasteiger partial charge in [-0.15, -0.1) is 0 Å². The van der Waals surface area contributed by atoms with Crippen molar-refractivity contribution in [3.8, 4) is 0 Å². The van der Waals surface area contributed by atoms with E-state index in [4.69, 9.17) is 0 Å². The molecule has 1 aromatic carbocycles. The Balaban J connectivity index is 1.32. The molecule has 2 bridgehead atoms. The molecule has 4 rings (SSSR count). The lowest BCUT2D eigenvalue weighted by atomic mass is 9.88. The molecule has 110 valence electrons. The molecule has 0 saturated heterocycles. The van der Waals surface area contributed by atoms with Crippen LogP contribution >= 0.6 is 0 Å². The minimum atomic E-state index is 0.262. The van der Waals surface area contributed by atoms with Gasteiger partial charge in [-0.25, -0.2) is 4.98 Å². The summed E-state index contributed by atoms with van der Waals surface area (Å²) in [7, 11) is 0. The number of aromatic nitrogens is 2. The summed E-state index contributed by atoms with van der Waals surface area (Å²) in [5, 5.41) is 3.10. The highest BCUT2D eigenvalue weighted by atomic mass is 16.1. The number of aromatic amines is 1. The maximum atomic E-state index is 12.3. The molecule has 3 unspecified atom stereocenters. The molecule has 2 saturated carbocycles. The van der Waals surface area contributed by atoms with Crippen molar-refractivity contribution in [2.24, 2.45) is 17.8 Å². The van der Waals surface area contributed by atoms with Crippen LogP contribution in [0.3, 0.4) is 0 Å². The highest BCUT2D eigenvalue weighted by Gasteiger charge is 2.42. The second-order valence-electron chi connectivity index (χ2n) is 6.52. The standard InChI is InChI=1S/C17H21N3O/c21-17(13-10-11-5-6-12(13)9-11)18-8-7-16-19-14-3-1-2-4-15(14)20-16/h1-4,11-13H,5-10H2,(H,18,21)(H,19,20). The number of nitrogens with one attached hydrogen (secondary N) is 2. The Kier molecular flexibility index (Phi) is 3.17. The molecule has 2 aliphatic carbocycles. The Labute approximate surface area is 124 Å². The third-order valence-corrected chi connectivity index (χ3v) is 5.17. The second-order valence-corrected chi connectivity index (χ2v) is 6.52. The van der Waals surface area contributed by atoms with Crippen LogP contribution in [0, 0.1) is 17.8 Å². The normalized spacial score (nSPS) is 27.3. The van der Waals surface area contributed by atoms with Crippen molar-refractivity contribution in [2.75, 3.05) is 6.54 Å². The lowest BCUT2D eigenvalue weighted by Gasteiger charge is -2.20. The number of carbonyl (C=O) groups excluding carboxylic acids is 1. The fourth-order valence-corrected chi connectivity index (χ4v) is 4.13. The van der Waals surface area contributed by atoms with Gasteiger partial charge in [0.1, 0.15) is 5.82 Å². The number of nitrogens with zero attached hydrogens (tertiary/aromatic N) is 1. The van der Waals surface area contributed by atoms with E-state index in [0.717, 1.165) is 35.6 Å². The van der Waals surface area contributed by atoms with E-state index < -0.39 is 0 Å². The van der Waals surface area contributed by atoms with Crippen LogP contribution in [0.15, 0.2) is 24.3 Å². The maximum Gasteiger partial charge on any atom is 0.223 e. The number of fused-ring (bicyclic) bond motifs is 3. The summed E-state index contributed by atoms with van der Waals surface area (Å²) < 4.78 is 0. The Morgan fingerprint density at radius 2 is 2.19 bits per heavy atom. The van der Waals surface area contributed by atoms with Gasteiger partial charge in [0.2, 0.25) is 5.91 Å². The molecule has 2 aromatic rings. The molecule has 1 heterocycles. The zero-order valence-corrected chi connectivity index (χ0v) is 12.1. The number of hydrogen-bond acceptors (Lipinski definition) is 2. The highest BCUT2D eigenvalue weighted by molar-refractivity contribution is 5.79. The number of rotatable bonds is 4. The SMILES string of the molecule is O=C(NCCc1nc2ccccc2[nH]1)C1CC2CCC1C2. The molecule has 4 heteroatoms. The third-order valence-electron chi connectivity index (χ3n) is 5.17. The van der Waals surface area contributed by atoms with Crippen molar-refractivity contribution in [2.45, 2.75) is 32.1 Å². The van der Waals surface area contributed by atoms with Crippen LogP contribution in [0.5, 0.6) is 0 Å². The molecule has 0 aliphatic heterocycles. The van der Waals surface area contributed by atoms with Crippen LogP contribution in [-0.4, -0.2) is 22.4 Å². The molecule has 4 nitrogen and oxygen atoms in total. The van der Waals surface area contributed by atoms with Crippen LogP contribution in [0.25, 0.3) is 11.0 Å². The molecule has 3 atom stereocenters. The topological polar surface area (TPSA) is 57.8 Å². The number of hydrogen-bond donors (Lipinski definition) is 2. The van der Waals surface area contributed by atoms with Gasteiger partial charge in [0.25, 0.3) is 0 Å². The first-order valence-electron chi connectivity index (χ1n) is 8.01. The fourth-order valence-electron chi connectivity index (χ4n) is 4.13. The minimum absolute atomic E-state index is 0.262. The summed E-state index contributed by atoms with van der Waals surface area (Å²) in [4.78, 5) is 20.1. The van der Waals surface area contributed by atoms with Gasteiger partial charge in [0.05, 0.1) is 11.0 Å². The van der Waals surface area contributed by atoms with Crippen molar-refractivity contribution in [3.63, 3.8) is 0 Å². The molecule has 0 spiro atoms. The van der Waals surface area contributed by atoms with E-state index in [0.29, 0.717) is 12.5 Å². The third kappa shape index (κ3) is 2.43. The molecule has 2 N–H and O–H groups in total. The van der Waals surface area contributed by atoms with Crippen LogP contribution in [0.1, 0.15) is 31.5 Å². The Morgan fingerprint density at radius 3 is 2.95 bits per heavy atom. The van der Waals surface area contributed by atoms with Gasteiger partial charge in [0, 0.05) is 18.9 Å². The van der Waals surface area contributed by atoms with E-state index in [1.165, 1.54) is 19.3 Å². The van der Waals surface area contributed by atoms with Crippen molar-refractivity contribution < 1.29 is 4.79 Å². The fraction of sp³-hybridized carbons (Fsp3) is 0.529. The summed E-state index contributed by atoms with van der Waals surface area (Å²) in [6.45, 7) is 0.673. The van der Waals surface area contributed by atoms with Crippen LogP contribution in [0.2, 0.25) is 0 Å². The minimum Gasteiger partial charge on any atom is -0.355 e. The Bertz CT molecular complexity index is 630. The molecule has 1 aromatic heterocycles. The van der Waals surface area contributed by atoms with E-state index in [1.807, 2.05) is 24.3 Å². The monoisotopic (exact) mass is 283 g/mol. The van der Waals surface area contributed by atoms with Gasteiger partial charge < -0.3 is 10.3 Å². The van der Waals surface area contributed by atoms with Crippen molar-refractivity contribution in [1.82, 2.24) is 15.3 Å². The van der Waals surface area contributed by atoms with E-state index in [9.17, 15) is 4.79 Å². The van der Waals surface area contributed by atoms with Crippen molar-refractivity contribution in [3.05, 3.63) is 30.1 Å². The predicted molar refractivity (Wildman–Crippen MR) is 81.7 cm³/mol. The van der Waals surface area contributed by atoms with Gasteiger partial charge in [0.15, 0.2) is 0 Å². The van der Waals surface area contributed by atoms with E-state index in [1.54, 1.807) is 0 Å². The number of benzene rings is 1. The van der Waals surface area contributed by atoms with Crippen LogP contribution in [0.4, 0.5) is 0 Å². The van der Waals surface area contributed by atoms with Gasteiger partial charge in [-0.05, 0) is 43.2 Å². The zero-order chi connectivity index (χ0) is 14.2. The Hall–Kier alpha value is -1.84. The number of amides is 1. The van der Waals surface area contributed by atoms with Gasteiger partial charge >= 0.3 is 0 Å². The summed E-state index contributed by atoms with van der Waals surface area (Å²) in [5.74, 6) is 2.96. The summed E-state index contributed by atoms with van der Waals surface area (Å²) in [6.07, 6.45) is 5.75. The first-order chi connectivity index (χ1) is 10.3. The largest absolute Gasteiger partial charge is 0.355 e. The average molecular weight is 283 g/mol. The number of imidazole rings is 1. The first-order valence-corrected chi connectivity index (χ1v) is 8.01.